The Balaban J connectivity index is 1.67. The van der Waals surface area contributed by atoms with Gasteiger partial charge in [-0.1, -0.05) is 66.7 Å². The number of amides is 1. The normalized spacial score (nSPS) is 11.1. The molecule has 0 spiro atoms. The van der Waals surface area contributed by atoms with Crippen LogP contribution < -0.4 is 5.43 Å². The van der Waals surface area contributed by atoms with Gasteiger partial charge >= 0.3 is 0 Å². The van der Waals surface area contributed by atoms with Crippen molar-refractivity contribution in [3.05, 3.63) is 100 Å². The van der Waals surface area contributed by atoms with Gasteiger partial charge in [0.25, 0.3) is 5.91 Å². The number of carbonyl (C=O) groups is 1. The van der Waals surface area contributed by atoms with Crippen molar-refractivity contribution in [2.24, 2.45) is 0 Å². The molecule has 0 saturated carbocycles. The van der Waals surface area contributed by atoms with Gasteiger partial charge in [0.05, 0.1) is 0 Å². The first-order valence-corrected chi connectivity index (χ1v) is 9.02. The van der Waals surface area contributed by atoms with Crippen molar-refractivity contribution < 1.29 is 4.79 Å². The lowest BCUT2D eigenvalue weighted by molar-refractivity contribution is -0.121. The molecule has 0 aliphatic heterocycles. The first-order valence-electron chi connectivity index (χ1n) is 8.14. The fourth-order valence-electron chi connectivity index (χ4n) is 2.48. The van der Waals surface area contributed by atoms with Gasteiger partial charge < -0.3 is 0 Å². The highest BCUT2D eigenvalue weighted by atomic mass is 32.1. The number of hydrazine groups is 1. The highest BCUT2D eigenvalue weighted by molar-refractivity contribution is 7.10. The summed E-state index contributed by atoms with van der Waals surface area (Å²) in [6, 6.07) is 24.2. The Morgan fingerprint density at radius 2 is 1.48 bits per heavy atom. The SMILES string of the molecule is O=C(/C=C/c1cccs1)NN(Cc1ccccc1)Cc1ccccc1. The molecule has 2 aromatic carbocycles. The molecule has 3 aromatic rings. The van der Waals surface area contributed by atoms with E-state index >= 15 is 0 Å². The molecular formula is C21H20N2OS. The molecule has 0 aliphatic rings. The van der Waals surface area contributed by atoms with Crippen LogP contribution in [0.1, 0.15) is 16.0 Å². The van der Waals surface area contributed by atoms with Crippen molar-refractivity contribution in [1.29, 1.82) is 0 Å². The van der Waals surface area contributed by atoms with Gasteiger partial charge in [0.1, 0.15) is 0 Å². The summed E-state index contributed by atoms with van der Waals surface area (Å²) in [5.41, 5.74) is 5.30. The van der Waals surface area contributed by atoms with E-state index < -0.39 is 0 Å². The zero-order chi connectivity index (χ0) is 17.3. The third-order valence-electron chi connectivity index (χ3n) is 3.64. The van der Waals surface area contributed by atoms with Gasteiger partial charge in [-0.25, -0.2) is 5.01 Å². The number of rotatable bonds is 7. The molecule has 0 atom stereocenters. The Morgan fingerprint density at radius 1 is 0.880 bits per heavy atom. The molecule has 3 rings (SSSR count). The van der Waals surface area contributed by atoms with Gasteiger partial charge in [-0.3, -0.25) is 10.2 Å². The summed E-state index contributed by atoms with van der Waals surface area (Å²) >= 11 is 1.61. The van der Waals surface area contributed by atoms with E-state index in [4.69, 9.17) is 0 Å². The molecule has 126 valence electrons. The Bertz CT molecular complexity index is 757. The van der Waals surface area contributed by atoms with E-state index in [9.17, 15) is 4.79 Å². The van der Waals surface area contributed by atoms with Crippen LogP contribution in [0.4, 0.5) is 0 Å². The first-order chi connectivity index (χ1) is 12.3. The van der Waals surface area contributed by atoms with Crippen LogP contribution in [0.15, 0.2) is 84.3 Å². The van der Waals surface area contributed by atoms with Gasteiger partial charge in [-0.05, 0) is 28.6 Å². The van der Waals surface area contributed by atoms with Crippen molar-refractivity contribution in [3.8, 4) is 0 Å². The molecule has 1 N–H and O–H groups in total. The van der Waals surface area contributed by atoms with E-state index in [1.807, 2.05) is 65.0 Å². The number of nitrogens with zero attached hydrogens (tertiary/aromatic N) is 1. The Morgan fingerprint density at radius 3 is 2.00 bits per heavy atom. The van der Waals surface area contributed by atoms with E-state index in [2.05, 4.69) is 29.7 Å². The molecule has 0 radical (unpaired) electrons. The molecule has 0 bridgehead atoms. The summed E-state index contributed by atoms with van der Waals surface area (Å²) in [5, 5.41) is 3.93. The number of thiophene rings is 1. The number of benzene rings is 2. The minimum Gasteiger partial charge on any atom is -0.285 e. The molecule has 1 heterocycles. The number of carbonyl (C=O) groups excluding carboxylic acids is 1. The second-order valence-electron chi connectivity index (χ2n) is 5.65. The van der Waals surface area contributed by atoms with Crippen molar-refractivity contribution in [2.45, 2.75) is 13.1 Å². The van der Waals surface area contributed by atoms with Crippen LogP contribution in [-0.2, 0) is 17.9 Å². The third-order valence-corrected chi connectivity index (χ3v) is 4.48. The van der Waals surface area contributed by atoms with Gasteiger partial charge in [0.2, 0.25) is 0 Å². The summed E-state index contributed by atoms with van der Waals surface area (Å²) in [5.74, 6) is -0.125. The fraction of sp³-hybridized carbons (Fsp3) is 0.0952. The maximum absolute atomic E-state index is 12.3. The summed E-state index contributed by atoms with van der Waals surface area (Å²) in [4.78, 5) is 13.4. The van der Waals surface area contributed by atoms with Crippen molar-refractivity contribution in [3.63, 3.8) is 0 Å². The molecular weight excluding hydrogens is 328 g/mol. The van der Waals surface area contributed by atoms with E-state index in [-0.39, 0.29) is 5.91 Å². The van der Waals surface area contributed by atoms with Crippen LogP contribution in [-0.4, -0.2) is 10.9 Å². The predicted octanol–water partition coefficient (Wildman–Crippen LogP) is 4.49. The highest BCUT2D eigenvalue weighted by Crippen LogP contribution is 2.11. The first kappa shape index (κ1) is 17.1. The topological polar surface area (TPSA) is 32.3 Å². The van der Waals surface area contributed by atoms with E-state index in [1.165, 1.54) is 0 Å². The molecule has 4 heteroatoms. The average molecular weight is 348 g/mol. The van der Waals surface area contributed by atoms with Gasteiger partial charge in [0, 0.05) is 24.0 Å². The van der Waals surface area contributed by atoms with Crippen LogP contribution in [0.25, 0.3) is 6.08 Å². The monoisotopic (exact) mass is 348 g/mol. The summed E-state index contributed by atoms with van der Waals surface area (Å²) < 4.78 is 0. The predicted molar refractivity (Wildman–Crippen MR) is 104 cm³/mol. The van der Waals surface area contributed by atoms with E-state index in [0.29, 0.717) is 13.1 Å². The van der Waals surface area contributed by atoms with Crippen LogP contribution in [0.3, 0.4) is 0 Å². The van der Waals surface area contributed by atoms with Crippen molar-refractivity contribution in [2.75, 3.05) is 0 Å². The zero-order valence-corrected chi connectivity index (χ0v) is 14.7. The smallest absolute Gasteiger partial charge is 0.258 e. The lowest BCUT2D eigenvalue weighted by atomic mass is 10.2. The molecule has 3 nitrogen and oxygen atoms in total. The van der Waals surface area contributed by atoms with Crippen LogP contribution in [0.5, 0.6) is 0 Å². The number of nitrogens with one attached hydrogen (secondary N) is 1. The molecule has 0 fully saturated rings. The Kier molecular flexibility index (Phi) is 6.15. The molecule has 0 aliphatic carbocycles. The largest absolute Gasteiger partial charge is 0.285 e. The maximum atomic E-state index is 12.3. The fourth-order valence-corrected chi connectivity index (χ4v) is 3.10. The average Bonchev–Trinajstić information content (AvgIpc) is 3.15. The van der Waals surface area contributed by atoms with Crippen molar-refractivity contribution >= 4 is 23.3 Å². The standard InChI is InChI=1S/C21H20N2OS/c24-21(14-13-20-12-7-15-25-20)22-23(16-18-8-3-1-4-9-18)17-19-10-5-2-6-11-19/h1-15H,16-17H2,(H,22,24)/b14-13+. The van der Waals surface area contributed by atoms with Crippen LogP contribution >= 0.6 is 11.3 Å². The van der Waals surface area contributed by atoms with Crippen molar-refractivity contribution in [1.82, 2.24) is 10.4 Å². The summed E-state index contributed by atoms with van der Waals surface area (Å²) in [6.07, 6.45) is 3.41. The van der Waals surface area contributed by atoms with Gasteiger partial charge in [-0.2, -0.15) is 0 Å². The Hall–Kier alpha value is -2.69. The summed E-state index contributed by atoms with van der Waals surface area (Å²) in [6.45, 7) is 1.29. The quantitative estimate of drug-likeness (QED) is 0.504. The second-order valence-corrected chi connectivity index (χ2v) is 6.63. The highest BCUT2D eigenvalue weighted by Gasteiger charge is 2.09. The van der Waals surface area contributed by atoms with E-state index in [1.54, 1.807) is 17.4 Å². The molecule has 1 aromatic heterocycles. The zero-order valence-electron chi connectivity index (χ0n) is 13.8. The van der Waals surface area contributed by atoms with E-state index in [0.717, 1.165) is 16.0 Å². The minimum absolute atomic E-state index is 0.125. The maximum Gasteiger partial charge on any atom is 0.258 e. The molecule has 1 amide bonds. The number of hydrogen-bond donors (Lipinski definition) is 1. The summed E-state index contributed by atoms with van der Waals surface area (Å²) in [7, 11) is 0. The third kappa shape index (κ3) is 5.71. The van der Waals surface area contributed by atoms with Gasteiger partial charge in [-0.15, -0.1) is 11.3 Å². The lowest BCUT2D eigenvalue weighted by Gasteiger charge is -2.22. The van der Waals surface area contributed by atoms with Crippen LogP contribution in [0, 0.1) is 0 Å². The second kappa shape index (κ2) is 8.97. The Labute approximate surface area is 152 Å². The van der Waals surface area contributed by atoms with Gasteiger partial charge in [0.15, 0.2) is 0 Å². The lowest BCUT2D eigenvalue weighted by Crippen LogP contribution is -2.40. The molecule has 0 unspecified atom stereocenters. The minimum atomic E-state index is -0.125. The van der Waals surface area contributed by atoms with Crippen LogP contribution in [0.2, 0.25) is 0 Å². The number of hydrogen-bond acceptors (Lipinski definition) is 3. The molecule has 25 heavy (non-hydrogen) atoms. The molecule has 0 saturated heterocycles.